The Morgan fingerprint density at radius 3 is 2.53 bits per heavy atom. The third kappa shape index (κ3) is 5.75. The Labute approximate surface area is 114 Å². The second-order valence-electron chi connectivity index (χ2n) is 5.83. The van der Waals surface area contributed by atoms with Crippen LogP contribution in [0.25, 0.3) is 0 Å². The molecule has 2 N–H and O–H groups in total. The van der Waals surface area contributed by atoms with Crippen molar-refractivity contribution in [3.63, 3.8) is 0 Å². The molecule has 0 saturated heterocycles. The van der Waals surface area contributed by atoms with E-state index in [4.69, 9.17) is 4.74 Å². The van der Waals surface area contributed by atoms with Crippen molar-refractivity contribution in [1.82, 2.24) is 0 Å². The first-order valence-electron chi connectivity index (χ1n) is 6.45. The van der Waals surface area contributed by atoms with Crippen LogP contribution in [-0.2, 0) is 11.2 Å². The zero-order valence-electron chi connectivity index (χ0n) is 12.3. The zero-order chi connectivity index (χ0) is 14.6. The van der Waals surface area contributed by atoms with Gasteiger partial charge in [-0.2, -0.15) is 0 Å². The Morgan fingerprint density at radius 1 is 1.42 bits per heavy atom. The molecule has 0 aliphatic rings. The van der Waals surface area contributed by atoms with E-state index in [0.717, 1.165) is 16.8 Å². The number of aliphatic hydroxyl groups excluding tert-OH is 1. The van der Waals surface area contributed by atoms with Crippen molar-refractivity contribution in [1.29, 1.82) is 0 Å². The average molecular weight is 265 g/mol. The Morgan fingerprint density at radius 2 is 2.05 bits per heavy atom. The summed E-state index contributed by atoms with van der Waals surface area (Å²) in [5.41, 5.74) is 2.21. The summed E-state index contributed by atoms with van der Waals surface area (Å²) < 4.78 is 5.20. The van der Waals surface area contributed by atoms with Gasteiger partial charge in [-0.1, -0.05) is 12.1 Å². The van der Waals surface area contributed by atoms with Crippen LogP contribution in [0, 0.1) is 6.92 Å². The van der Waals surface area contributed by atoms with E-state index in [9.17, 15) is 9.90 Å². The molecule has 0 heterocycles. The summed E-state index contributed by atoms with van der Waals surface area (Å²) in [6.45, 7) is 9.14. The average Bonchev–Trinajstić information content (AvgIpc) is 2.18. The van der Waals surface area contributed by atoms with Gasteiger partial charge in [-0.25, -0.2) is 4.79 Å². The second kappa shape index (κ2) is 6.06. The largest absolute Gasteiger partial charge is 0.444 e. The molecule has 0 aromatic heterocycles. The molecular weight excluding hydrogens is 242 g/mol. The summed E-state index contributed by atoms with van der Waals surface area (Å²) in [7, 11) is 0. The Kier molecular flexibility index (Phi) is 4.95. The number of rotatable bonds is 3. The van der Waals surface area contributed by atoms with Crippen LogP contribution in [0.2, 0.25) is 0 Å². The van der Waals surface area contributed by atoms with Crippen LogP contribution >= 0.6 is 0 Å². The van der Waals surface area contributed by atoms with Gasteiger partial charge in [-0.15, -0.1) is 0 Å². The van der Waals surface area contributed by atoms with Crippen molar-refractivity contribution in [2.45, 2.75) is 52.7 Å². The van der Waals surface area contributed by atoms with Gasteiger partial charge in [0.05, 0.1) is 6.10 Å². The molecule has 0 spiro atoms. The molecule has 1 aromatic carbocycles. The molecule has 0 fully saturated rings. The lowest BCUT2D eigenvalue weighted by Crippen LogP contribution is -2.27. The molecule has 0 bridgehead atoms. The number of anilines is 1. The molecular formula is C15H23NO3. The number of hydrogen-bond donors (Lipinski definition) is 2. The topological polar surface area (TPSA) is 58.6 Å². The van der Waals surface area contributed by atoms with Crippen molar-refractivity contribution in [2.75, 3.05) is 5.32 Å². The van der Waals surface area contributed by atoms with Crippen LogP contribution < -0.4 is 5.32 Å². The Hall–Kier alpha value is -1.55. The number of hydrogen-bond acceptors (Lipinski definition) is 3. The lowest BCUT2D eigenvalue weighted by molar-refractivity contribution is 0.0635. The number of aliphatic hydroxyl groups is 1. The van der Waals surface area contributed by atoms with Crippen molar-refractivity contribution < 1.29 is 14.6 Å². The van der Waals surface area contributed by atoms with Gasteiger partial charge >= 0.3 is 6.09 Å². The molecule has 1 atom stereocenters. The highest BCUT2D eigenvalue weighted by Gasteiger charge is 2.16. The van der Waals surface area contributed by atoms with Crippen LogP contribution in [0.3, 0.4) is 0 Å². The van der Waals surface area contributed by atoms with Gasteiger partial charge in [0, 0.05) is 5.69 Å². The minimum Gasteiger partial charge on any atom is -0.444 e. The van der Waals surface area contributed by atoms with Gasteiger partial charge in [0.25, 0.3) is 0 Å². The lowest BCUT2D eigenvalue weighted by atomic mass is 10.0. The van der Waals surface area contributed by atoms with E-state index in [1.165, 1.54) is 0 Å². The van der Waals surface area contributed by atoms with Crippen LogP contribution in [0.4, 0.5) is 10.5 Å². The highest BCUT2D eigenvalue weighted by molar-refractivity contribution is 5.85. The van der Waals surface area contributed by atoms with E-state index in [0.29, 0.717) is 6.42 Å². The first kappa shape index (κ1) is 15.5. The number of carbonyl (C=O) groups excluding carboxylic acids is 1. The van der Waals surface area contributed by atoms with Gasteiger partial charge in [-0.05, 0) is 58.2 Å². The maximum Gasteiger partial charge on any atom is 0.412 e. The maximum absolute atomic E-state index is 11.7. The number of amides is 1. The van der Waals surface area contributed by atoms with Crippen molar-refractivity contribution >= 4 is 11.8 Å². The fourth-order valence-corrected chi connectivity index (χ4v) is 1.75. The molecule has 1 rings (SSSR count). The van der Waals surface area contributed by atoms with Gasteiger partial charge in [-0.3, -0.25) is 5.32 Å². The standard InChI is InChI=1S/C15H23NO3/c1-10-8-12(9-11(2)17)6-7-13(10)16-14(18)19-15(3,4)5/h6-8,11,17H,9H2,1-5H3,(H,16,18)/t11-/m1/s1. The normalized spacial score (nSPS) is 12.9. The zero-order valence-corrected chi connectivity index (χ0v) is 12.3. The summed E-state index contributed by atoms with van der Waals surface area (Å²) >= 11 is 0. The summed E-state index contributed by atoms with van der Waals surface area (Å²) in [4.78, 5) is 11.7. The number of carbonyl (C=O) groups is 1. The maximum atomic E-state index is 11.7. The molecule has 1 aromatic rings. The molecule has 1 amide bonds. The molecule has 4 heteroatoms. The lowest BCUT2D eigenvalue weighted by Gasteiger charge is -2.20. The van der Waals surface area contributed by atoms with E-state index < -0.39 is 11.7 Å². The van der Waals surface area contributed by atoms with Crippen LogP contribution in [0.1, 0.15) is 38.8 Å². The van der Waals surface area contributed by atoms with Gasteiger partial charge in [0.1, 0.15) is 5.60 Å². The van der Waals surface area contributed by atoms with Crippen molar-refractivity contribution in [3.05, 3.63) is 29.3 Å². The van der Waals surface area contributed by atoms with Gasteiger partial charge in [0.15, 0.2) is 0 Å². The molecule has 0 aliphatic heterocycles. The number of benzene rings is 1. The summed E-state index contributed by atoms with van der Waals surface area (Å²) in [6.07, 6.45) is -0.226. The first-order valence-corrected chi connectivity index (χ1v) is 6.45. The minimum absolute atomic E-state index is 0.371. The quantitative estimate of drug-likeness (QED) is 0.882. The summed E-state index contributed by atoms with van der Waals surface area (Å²) in [6, 6.07) is 5.68. The SMILES string of the molecule is Cc1cc(C[C@@H](C)O)ccc1NC(=O)OC(C)(C)C. The molecule has 0 unspecified atom stereocenters. The highest BCUT2D eigenvalue weighted by atomic mass is 16.6. The molecule has 19 heavy (non-hydrogen) atoms. The van der Waals surface area contributed by atoms with Crippen molar-refractivity contribution in [3.8, 4) is 0 Å². The molecule has 0 aliphatic carbocycles. The second-order valence-corrected chi connectivity index (χ2v) is 5.83. The fraction of sp³-hybridized carbons (Fsp3) is 0.533. The van der Waals surface area contributed by atoms with E-state index in [1.54, 1.807) is 6.92 Å². The third-order valence-electron chi connectivity index (χ3n) is 2.46. The molecule has 4 nitrogen and oxygen atoms in total. The number of aryl methyl sites for hydroxylation is 1. The predicted octanol–water partition coefficient (Wildman–Crippen LogP) is 3.27. The summed E-state index contributed by atoms with van der Waals surface area (Å²) in [5, 5.41) is 12.1. The van der Waals surface area contributed by atoms with Crippen LogP contribution in [0.5, 0.6) is 0 Å². The third-order valence-corrected chi connectivity index (χ3v) is 2.46. The monoisotopic (exact) mass is 265 g/mol. The summed E-state index contributed by atoms with van der Waals surface area (Å²) in [5.74, 6) is 0. The molecule has 0 saturated carbocycles. The van der Waals surface area contributed by atoms with E-state index in [-0.39, 0.29) is 6.10 Å². The molecule has 106 valence electrons. The van der Waals surface area contributed by atoms with E-state index >= 15 is 0 Å². The smallest absolute Gasteiger partial charge is 0.412 e. The Bertz CT molecular complexity index is 447. The minimum atomic E-state index is -0.510. The first-order chi connectivity index (χ1) is 8.67. The van der Waals surface area contributed by atoms with E-state index in [2.05, 4.69) is 5.32 Å². The van der Waals surface area contributed by atoms with Gasteiger partial charge < -0.3 is 9.84 Å². The van der Waals surface area contributed by atoms with Gasteiger partial charge in [0.2, 0.25) is 0 Å². The van der Waals surface area contributed by atoms with Crippen LogP contribution in [-0.4, -0.2) is 22.9 Å². The predicted molar refractivity (Wildman–Crippen MR) is 76.4 cm³/mol. The number of ether oxygens (including phenoxy) is 1. The Balaban J connectivity index is 2.72. The fourth-order valence-electron chi connectivity index (χ4n) is 1.75. The van der Waals surface area contributed by atoms with E-state index in [1.807, 2.05) is 45.9 Å². The van der Waals surface area contributed by atoms with Crippen LogP contribution in [0.15, 0.2) is 18.2 Å². The highest BCUT2D eigenvalue weighted by Crippen LogP contribution is 2.19. The van der Waals surface area contributed by atoms with Crippen molar-refractivity contribution in [2.24, 2.45) is 0 Å². The number of nitrogens with one attached hydrogen (secondary N) is 1. The molecule has 0 radical (unpaired) electrons.